The number of ether oxygens (including phenoxy) is 3. The number of carbonyl (C=O) groups excluding carboxylic acids is 2. The molecule has 132 valence electrons. The summed E-state index contributed by atoms with van der Waals surface area (Å²) in [6, 6.07) is 11.9. The number of hydrogen-bond acceptors (Lipinski definition) is 5. The molecule has 25 heavy (non-hydrogen) atoms. The molecular formula is C18H16Cl2O5. The van der Waals surface area contributed by atoms with E-state index in [0.717, 1.165) is 5.56 Å². The van der Waals surface area contributed by atoms with Gasteiger partial charge in [0.1, 0.15) is 12.4 Å². The minimum absolute atomic E-state index is 0.306. The van der Waals surface area contributed by atoms with E-state index in [-0.39, 0.29) is 0 Å². The summed E-state index contributed by atoms with van der Waals surface area (Å²) in [4.78, 5) is 22.9. The largest absolute Gasteiger partial charge is 0.489 e. The van der Waals surface area contributed by atoms with E-state index in [1.54, 1.807) is 36.4 Å². The minimum Gasteiger partial charge on any atom is -0.489 e. The Kier molecular flexibility index (Phi) is 6.67. The highest BCUT2D eigenvalue weighted by atomic mass is 35.5. The lowest BCUT2D eigenvalue weighted by molar-refractivity contribution is -0.165. The minimum atomic E-state index is -1.10. The predicted molar refractivity (Wildman–Crippen MR) is 93.8 cm³/mol. The van der Waals surface area contributed by atoms with Crippen molar-refractivity contribution in [2.45, 2.75) is 19.6 Å². The molecule has 2 aromatic carbocycles. The quantitative estimate of drug-likeness (QED) is 0.694. The van der Waals surface area contributed by atoms with E-state index in [9.17, 15) is 9.59 Å². The Bertz CT molecular complexity index is 759. The number of hydrogen-bond donors (Lipinski definition) is 0. The molecule has 0 fully saturated rings. The summed E-state index contributed by atoms with van der Waals surface area (Å²) >= 11 is 11.8. The van der Waals surface area contributed by atoms with Gasteiger partial charge >= 0.3 is 11.9 Å². The van der Waals surface area contributed by atoms with Gasteiger partial charge in [0, 0.05) is 12.5 Å². The maximum atomic E-state index is 11.7. The van der Waals surface area contributed by atoms with Crippen LogP contribution in [0.15, 0.2) is 42.5 Å². The van der Waals surface area contributed by atoms with Crippen LogP contribution < -0.4 is 4.74 Å². The second kappa shape index (κ2) is 8.74. The number of benzene rings is 2. The number of halogens is 2. The van der Waals surface area contributed by atoms with Crippen LogP contribution in [0.4, 0.5) is 0 Å². The highest BCUT2D eigenvalue weighted by Crippen LogP contribution is 2.25. The van der Waals surface area contributed by atoms with Crippen LogP contribution in [-0.2, 0) is 25.7 Å². The number of methoxy groups -OCH3 is 1. The molecule has 1 unspecified atom stereocenters. The van der Waals surface area contributed by atoms with Crippen molar-refractivity contribution < 1.29 is 23.8 Å². The fraction of sp³-hybridized carbons (Fsp3) is 0.222. The molecule has 0 aliphatic carbocycles. The van der Waals surface area contributed by atoms with Gasteiger partial charge in [0.15, 0.2) is 0 Å². The maximum Gasteiger partial charge on any atom is 0.351 e. The van der Waals surface area contributed by atoms with E-state index in [2.05, 4.69) is 4.74 Å². The Balaban J connectivity index is 2.06. The topological polar surface area (TPSA) is 61.8 Å². The van der Waals surface area contributed by atoms with Gasteiger partial charge < -0.3 is 14.2 Å². The summed E-state index contributed by atoms with van der Waals surface area (Å²) in [5.74, 6) is -0.642. The lowest BCUT2D eigenvalue weighted by Crippen LogP contribution is -2.19. The van der Waals surface area contributed by atoms with Crippen molar-refractivity contribution in [1.29, 1.82) is 0 Å². The molecule has 0 spiro atoms. The summed E-state index contributed by atoms with van der Waals surface area (Å²) in [5.41, 5.74) is 1.36. The molecule has 0 bridgehead atoms. The number of esters is 2. The molecule has 0 aromatic heterocycles. The van der Waals surface area contributed by atoms with Crippen LogP contribution in [0, 0.1) is 0 Å². The SMILES string of the molecule is COC(=O)C(OC(C)=O)c1ccc(OCc2ccc(Cl)c(Cl)c2)cc1. The third-order valence-electron chi connectivity index (χ3n) is 3.27. The molecule has 7 heteroatoms. The normalized spacial score (nSPS) is 11.5. The first-order valence-electron chi connectivity index (χ1n) is 7.32. The van der Waals surface area contributed by atoms with Crippen LogP contribution in [-0.4, -0.2) is 19.0 Å². The fourth-order valence-electron chi connectivity index (χ4n) is 2.06. The Morgan fingerprint density at radius 2 is 1.72 bits per heavy atom. The maximum absolute atomic E-state index is 11.7. The highest BCUT2D eigenvalue weighted by Gasteiger charge is 2.24. The van der Waals surface area contributed by atoms with Gasteiger partial charge in [0.05, 0.1) is 17.2 Å². The molecular weight excluding hydrogens is 367 g/mol. The third kappa shape index (κ3) is 5.37. The van der Waals surface area contributed by atoms with E-state index < -0.39 is 18.0 Å². The first-order chi connectivity index (χ1) is 11.9. The van der Waals surface area contributed by atoms with E-state index in [1.807, 2.05) is 6.07 Å². The Labute approximate surface area is 155 Å². The van der Waals surface area contributed by atoms with Crippen molar-refractivity contribution in [3.8, 4) is 5.75 Å². The molecule has 5 nitrogen and oxygen atoms in total. The van der Waals surface area contributed by atoms with Crippen LogP contribution in [0.1, 0.15) is 24.2 Å². The summed E-state index contributed by atoms with van der Waals surface area (Å²) in [6.45, 7) is 1.53. The average Bonchev–Trinajstić information content (AvgIpc) is 2.60. The van der Waals surface area contributed by atoms with Gasteiger partial charge in [-0.05, 0) is 29.8 Å². The monoisotopic (exact) mass is 382 g/mol. The second-order valence-corrected chi connectivity index (χ2v) is 5.93. The van der Waals surface area contributed by atoms with Crippen LogP contribution in [0.3, 0.4) is 0 Å². The van der Waals surface area contributed by atoms with Crippen molar-refractivity contribution in [2.75, 3.05) is 7.11 Å². The lowest BCUT2D eigenvalue weighted by Gasteiger charge is -2.15. The molecule has 0 aliphatic rings. The van der Waals surface area contributed by atoms with Crippen molar-refractivity contribution in [1.82, 2.24) is 0 Å². The molecule has 0 saturated carbocycles. The van der Waals surface area contributed by atoms with Crippen LogP contribution in [0.25, 0.3) is 0 Å². The van der Waals surface area contributed by atoms with Gasteiger partial charge in [-0.15, -0.1) is 0 Å². The highest BCUT2D eigenvalue weighted by molar-refractivity contribution is 6.42. The van der Waals surface area contributed by atoms with E-state index in [4.69, 9.17) is 32.7 Å². The lowest BCUT2D eigenvalue weighted by atomic mass is 10.1. The first-order valence-corrected chi connectivity index (χ1v) is 8.08. The predicted octanol–water partition coefficient (Wildman–Crippen LogP) is 4.35. The van der Waals surface area contributed by atoms with Crippen molar-refractivity contribution in [2.24, 2.45) is 0 Å². The van der Waals surface area contributed by atoms with Gasteiger partial charge in [0.25, 0.3) is 0 Å². The van der Waals surface area contributed by atoms with E-state index in [1.165, 1.54) is 14.0 Å². The molecule has 0 amide bonds. The van der Waals surface area contributed by atoms with Gasteiger partial charge in [-0.25, -0.2) is 4.79 Å². The Hall–Kier alpha value is -2.24. The average molecular weight is 383 g/mol. The van der Waals surface area contributed by atoms with E-state index in [0.29, 0.717) is 28.0 Å². The van der Waals surface area contributed by atoms with Gasteiger partial charge in [-0.2, -0.15) is 0 Å². The molecule has 1 atom stereocenters. The molecule has 0 aliphatic heterocycles. The number of rotatable bonds is 6. The zero-order valence-electron chi connectivity index (χ0n) is 13.6. The van der Waals surface area contributed by atoms with Crippen molar-refractivity contribution in [3.63, 3.8) is 0 Å². The summed E-state index contributed by atoms with van der Waals surface area (Å²) in [5, 5.41) is 0.939. The molecule has 0 heterocycles. The Morgan fingerprint density at radius 1 is 1.04 bits per heavy atom. The Morgan fingerprint density at radius 3 is 2.28 bits per heavy atom. The molecule has 2 rings (SSSR count). The zero-order valence-corrected chi connectivity index (χ0v) is 15.1. The van der Waals surface area contributed by atoms with Gasteiger partial charge in [-0.3, -0.25) is 4.79 Å². The summed E-state index contributed by atoms with van der Waals surface area (Å²) in [7, 11) is 1.23. The second-order valence-electron chi connectivity index (χ2n) is 5.12. The van der Waals surface area contributed by atoms with Crippen molar-refractivity contribution >= 4 is 35.1 Å². The smallest absolute Gasteiger partial charge is 0.351 e. The molecule has 0 N–H and O–H groups in total. The molecule has 0 radical (unpaired) electrons. The van der Waals surface area contributed by atoms with Crippen molar-refractivity contribution in [3.05, 3.63) is 63.6 Å². The molecule has 2 aromatic rings. The van der Waals surface area contributed by atoms with Gasteiger partial charge in [-0.1, -0.05) is 41.4 Å². The summed E-state index contributed by atoms with van der Waals surface area (Å²) < 4.78 is 15.3. The van der Waals surface area contributed by atoms with Crippen LogP contribution >= 0.6 is 23.2 Å². The van der Waals surface area contributed by atoms with Crippen LogP contribution in [0.5, 0.6) is 5.75 Å². The standard InChI is InChI=1S/C18H16Cl2O5/c1-11(21)25-17(18(22)23-2)13-4-6-14(7-5-13)24-10-12-3-8-15(19)16(20)9-12/h3-9,17H,10H2,1-2H3. The third-order valence-corrected chi connectivity index (χ3v) is 4.01. The fourth-order valence-corrected chi connectivity index (χ4v) is 2.38. The van der Waals surface area contributed by atoms with Gasteiger partial charge in [0.2, 0.25) is 6.10 Å². The molecule has 0 saturated heterocycles. The van der Waals surface area contributed by atoms with Crippen LogP contribution in [0.2, 0.25) is 10.0 Å². The van der Waals surface area contributed by atoms with E-state index >= 15 is 0 Å². The first kappa shape index (κ1) is 19.1. The number of carbonyl (C=O) groups is 2. The zero-order chi connectivity index (χ0) is 18.4. The summed E-state index contributed by atoms with van der Waals surface area (Å²) in [6.07, 6.45) is -1.10.